The maximum atomic E-state index is 6.08. The van der Waals surface area contributed by atoms with Crippen molar-refractivity contribution in [2.24, 2.45) is 5.41 Å². The molecule has 1 saturated carbocycles. The van der Waals surface area contributed by atoms with Gasteiger partial charge in [0.1, 0.15) is 18.5 Å². The highest BCUT2D eigenvalue weighted by Crippen LogP contribution is 2.36. The molecule has 5 heteroatoms. The Morgan fingerprint density at radius 2 is 2.00 bits per heavy atom. The maximum absolute atomic E-state index is 6.08. The summed E-state index contributed by atoms with van der Waals surface area (Å²) in [5, 5.41) is 3.21. The molecule has 1 aromatic heterocycles. The average molecular weight is 293 g/mol. The Bertz CT molecular complexity index is 429. The number of nitrogens with one attached hydrogen (secondary N) is 1. The lowest BCUT2D eigenvalue weighted by Gasteiger charge is -2.34. The van der Waals surface area contributed by atoms with Crippen LogP contribution in [0.25, 0.3) is 0 Å². The van der Waals surface area contributed by atoms with E-state index in [9.17, 15) is 0 Å². The van der Waals surface area contributed by atoms with Gasteiger partial charge >= 0.3 is 0 Å². The van der Waals surface area contributed by atoms with Crippen LogP contribution in [0.15, 0.2) is 6.07 Å². The van der Waals surface area contributed by atoms with Crippen LogP contribution >= 0.6 is 0 Å². The standard InChI is InChI=1S/C16H27N3O2/c1-5-17-13-10-15(19-14(18-13)11-20-4)21-12-6-8-16(2,3)9-7-12/h10,12H,5-9,11H2,1-4H3,(H,17,18,19). The van der Waals surface area contributed by atoms with E-state index in [4.69, 9.17) is 9.47 Å². The molecule has 0 bridgehead atoms. The highest BCUT2D eigenvalue weighted by molar-refractivity contribution is 5.38. The average Bonchev–Trinajstić information content (AvgIpc) is 2.42. The fraction of sp³-hybridized carbons (Fsp3) is 0.750. The lowest BCUT2D eigenvalue weighted by atomic mass is 9.76. The molecule has 0 aromatic carbocycles. The van der Waals surface area contributed by atoms with Gasteiger partial charge in [0.05, 0.1) is 0 Å². The Morgan fingerprint density at radius 3 is 2.62 bits per heavy atom. The number of anilines is 1. The minimum absolute atomic E-state index is 0.262. The van der Waals surface area contributed by atoms with Crippen LogP contribution in [0.4, 0.5) is 5.82 Å². The number of ether oxygens (including phenoxy) is 2. The van der Waals surface area contributed by atoms with Crippen molar-refractivity contribution in [3.05, 3.63) is 11.9 Å². The summed E-state index contributed by atoms with van der Waals surface area (Å²) in [6, 6.07) is 1.88. The van der Waals surface area contributed by atoms with Crippen molar-refractivity contribution >= 4 is 5.82 Å². The van der Waals surface area contributed by atoms with Gasteiger partial charge in [-0.3, -0.25) is 0 Å². The fourth-order valence-electron chi connectivity index (χ4n) is 2.66. The third-order valence-electron chi connectivity index (χ3n) is 3.95. The first-order valence-corrected chi connectivity index (χ1v) is 7.80. The molecule has 0 spiro atoms. The van der Waals surface area contributed by atoms with Crippen LogP contribution in [-0.4, -0.2) is 29.7 Å². The zero-order chi connectivity index (χ0) is 15.3. The van der Waals surface area contributed by atoms with Crippen molar-refractivity contribution in [3.8, 4) is 5.88 Å². The van der Waals surface area contributed by atoms with E-state index >= 15 is 0 Å². The third kappa shape index (κ3) is 4.84. The molecule has 0 atom stereocenters. The van der Waals surface area contributed by atoms with Crippen LogP contribution < -0.4 is 10.1 Å². The molecule has 1 aromatic rings. The highest BCUT2D eigenvalue weighted by atomic mass is 16.5. The number of aromatic nitrogens is 2. The Labute approximate surface area is 127 Å². The second-order valence-electron chi connectivity index (χ2n) is 6.45. The monoisotopic (exact) mass is 293 g/mol. The normalized spacial score (nSPS) is 18.5. The lowest BCUT2D eigenvalue weighted by Crippen LogP contribution is -2.28. The molecule has 1 aliphatic rings. The number of rotatable bonds is 6. The second-order valence-corrected chi connectivity index (χ2v) is 6.45. The van der Waals surface area contributed by atoms with E-state index in [1.807, 2.05) is 13.0 Å². The van der Waals surface area contributed by atoms with Gasteiger partial charge in [0, 0.05) is 19.7 Å². The summed E-state index contributed by atoms with van der Waals surface area (Å²) in [5.41, 5.74) is 0.446. The molecule has 0 unspecified atom stereocenters. The molecule has 0 amide bonds. The molecule has 1 heterocycles. The Balaban J connectivity index is 2.04. The van der Waals surface area contributed by atoms with E-state index in [1.54, 1.807) is 7.11 Å². The summed E-state index contributed by atoms with van der Waals surface area (Å²) < 4.78 is 11.2. The molecule has 0 aliphatic heterocycles. The van der Waals surface area contributed by atoms with Gasteiger partial charge in [0.25, 0.3) is 0 Å². The molecule has 21 heavy (non-hydrogen) atoms. The molecule has 2 rings (SSSR count). The van der Waals surface area contributed by atoms with E-state index in [-0.39, 0.29) is 6.10 Å². The summed E-state index contributed by atoms with van der Waals surface area (Å²) in [4.78, 5) is 8.84. The van der Waals surface area contributed by atoms with Crippen LogP contribution in [-0.2, 0) is 11.3 Å². The van der Waals surface area contributed by atoms with Gasteiger partial charge in [0.2, 0.25) is 5.88 Å². The second kappa shape index (κ2) is 7.07. The minimum atomic E-state index is 0.262. The first-order chi connectivity index (χ1) is 10.0. The Hall–Kier alpha value is -1.36. The van der Waals surface area contributed by atoms with Gasteiger partial charge in [-0.25, -0.2) is 4.98 Å². The van der Waals surface area contributed by atoms with Gasteiger partial charge in [-0.1, -0.05) is 13.8 Å². The Kier molecular flexibility index (Phi) is 5.39. The number of nitrogens with zero attached hydrogens (tertiary/aromatic N) is 2. The van der Waals surface area contributed by atoms with Gasteiger partial charge in [0.15, 0.2) is 5.82 Å². The quantitative estimate of drug-likeness (QED) is 0.871. The predicted molar refractivity (Wildman–Crippen MR) is 83.6 cm³/mol. The minimum Gasteiger partial charge on any atom is -0.474 e. The zero-order valence-corrected chi connectivity index (χ0v) is 13.6. The SMILES string of the molecule is CCNc1cc(OC2CCC(C)(C)CC2)nc(COC)n1. The summed E-state index contributed by atoms with van der Waals surface area (Å²) in [7, 11) is 1.65. The molecule has 1 fully saturated rings. The number of hydrogen-bond acceptors (Lipinski definition) is 5. The highest BCUT2D eigenvalue weighted by Gasteiger charge is 2.28. The molecule has 1 aliphatic carbocycles. The molecule has 1 N–H and O–H groups in total. The zero-order valence-electron chi connectivity index (χ0n) is 13.6. The predicted octanol–water partition coefficient (Wildman–Crippen LogP) is 3.40. The third-order valence-corrected chi connectivity index (χ3v) is 3.95. The van der Waals surface area contributed by atoms with Crippen molar-refractivity contribution in [1.82, 2.24) is 9.97 Å². The summed E-state index contributed by atoms with van der Waals surface area (Å²) in [6.45, 7) is 7.91. The van der Waals surface area contributed by atoms with Crippen LogP contribution in [0.1, 0.15) is 52.3 Å². The van der Waals surface area contributed by atoms with Crippen LogP contribution in [0.2, 0.25) is 0 Å². The van der Waals surface area contributed by atoms with Crippen LogP contribution in [0, 0.1) is 5.41 Å². The molecule has 0 radical (unpaired) electrons. The van der Waals surface area contributed by atoms with Crippen molar-refractivity contribution < 1.29 is 9.47 Å². The number of methoxy groups -OCH3 is 1. The van der Waals surface area contributed by atoms with E-state index in [0.717, 1.165) is 25.2 Å². The molecular formula is C16H27N3O2. The molecule has 0 saturated heterocycles. The van der Waals surface area contributed by atoms with Gasteiger partial charge in [-0.05, 0) is 38.0 Å². The number of hydrogen-bond donors (Lipinski definition) is 1. The van der Waals surface area contributed by atoms with E-state index in [0.29, 0.717) is 23.7 Å². The van der Waals surface area contributed by atoms with Crippen molar-refractivity contribution in [3.63, 3.8) is 0 Å². The lowest BCUT2D eigenvalue weighted by molar-refractivity contribution is 0.0938. The molecular weight excluding hydrogens is 266 g/mol. The fourth-order valence-corrected chi connectivity index (χ4v) is 2.66. The van der Waals surface area contributed by atoms with Gasteiger partial charge in [-0.2, -0.15) is 4.98 Å². The topological polar surface area (TPSA) is 56.3 Å². The summed E-state index contributed by atoms with van der Waals surface area (Å²) >= 11 is 0. The molecule has 118 valence electrons. The van der Waals surface area contributed by atoms with Crippen molar-refractivity contribution in [1.29, 1.82) is 0 Å². The smallest absolute Gasteiger partial charge is 0.219 e. The van der Waals surface area contributed by atoms with E-state index < -0.39 is 0 Å². The van der Waals surface area contributed by atoms with E-state index in [2.05, 4.69) is 29.1 Å². The van der Waals surface area contributed by atoms with Gasteiger partial charge < -0.3 is 14.8 Å². The van der Waals surface area contributed by atoms with Crippen molar-refractivity contribution in [2.75, 3.05) is 19.0 Å². The first kappa shape index (κ1) is 16.0. The first-order valence-electron chi connectivity index (χ1n) is 7.80. The summed E-state index contributed by atoms with van der Waals surface area (Å²) in [6.07, 6.45) is 4.85. The Morgan fingerprint density at radius 1 is 1.29 bits per heavy atom. The van der Waals surface area contributed by atoms with Crippen LogP contribution in [0.3, 0.4) is 0 Å². The van der Waals surface area contributed by atoms with Crippen molar-refractivity contribution in [2.45, 2.75) is 59.2 Å². The van der Waals surface area contributed by atoms with Crippen LogP contribution in [0.5, 0.6) is 5.88 Å². The summed E-state index contributed by atoms with van der Waals surface area (Å²) in [5.74, 6) is 2.10. The van der Waals surface area contributed by atoms with Gasteiger partial charge in [-0.15, -0.1) is 0 Å². The largest absolute Gasteiger partial charge is 0.474 e. The van der Waals surface area contributed by atoms with E-state index in [1.165, 1.54) is 12.8 Å². The maximum Gasteiger partial charge on any atom is 0.219 e. The molecule has 5 nitrogen and oxygen atoms in total.